The summed E-state index contributed by atoms with van der Waals surface area (Å²) in [6.07, 6.45) is 4.26. The lowest BCUT2D eigenvalue weighted by atomic mass is 9.98. The van der Waals surface area contributed by atoms with E-state index in [1.54, 1.807) is 6.20 Å². The summed E-state index contributed by atoms with van der Waals surface area (Å²) in [6, 6.07) is 16.6. The zero-order valence-corrected chi connectivity index (χ0v) is 14.6. The first kappa shape index (κ1) is 16.5. The van der Waals surface area contributed by atoms with Crippen LogP contribution in [-0.4, -0.2) is 21.4 Å². The zero-order valence-electron chi connectivity index (χ0n) is 14.6. The number of nitrogens with zero attached hydrogens (tertiary/aromatic N) is 3. The van der Waals surface area contributed by atoms with Gasteiger partial charge in [-0.25, -0.2) is 9.97 Å². The van der Waals surface area contributed by atoms with Gasteiger partial charge in [0.1, 0.15) is 24.5 Å². The molecule has 1 aliphatic rings. The summed E-state index contributed by atoms with van der Waals surface area (Å²) in [5, 5.41) is 0. The Labute approximate surface area is 153 Å². The first-order valence-corrected chi connectivity index (χ1v) is 8.84. The molecule has 2 aromatic carbocycles. The van der Waals surface area contributed by atoms with Gasteiger partial charge in [-0.15, -0.1) is 0 Å². The third-order valence-electron chi connectivity index (χ3n) is 4.76. The van der Waals surface area contributed by atoms with Crippen molar-refractivity contribution in [1.82, 2.24) is 14.9 Å². The number of benzene rings is 2. The topological polar surface area (TPSA) is 64.3 Å². The highest BCUT2D eigenvalue weighted by atomic mass is 16.5. The van der Waals surface area contributed by atoms with Crippen LogP contribution in [0.15, 0.2) is 61.1 Å². The molecule has 1 aliphatic heterocycles. The second-order valence-corrected chi connectivity index (χ2v) is 6.56. The summed E-state index contributed by atoms with van der Waals surface area (Å²) in [7, 11) is 0. The number of anilines is 1. The van der Waals surface area contributed by atoms with Crippen molar-refractivity contribution in [3.63, 3.8) is 0 Å². The van der Waals surface area contributed by atoms with Gasteiger partial charge in [0.25, 0.3) is 0 Å². The summed E-state index contributed by atoms with van der Waals surface area (Å²) in [6.45, 7) is 3.21. The van der Waals surface area contributed by atoms with Crippen LogP contribution in [0, 0.1) is 0 Å². The number of hydrogen-bond acceptors (Lipinski definition) is 5. The van der Waals surface area contributed by atoms with Crippen LogP contribution >= 0.6 is 0 Å². The van der Waals surface area contributed by atoms with Gasteiger partial charge >= 0.3 is 0 Å². The molecule has 2 heterocycles. The zero-order chi connectivity index (χ0) is 17.8. The minimum atomic E-state index is 0.561. The van der Waals surface area contributed by atoms with Crippen molar-refractivity contribution in [2.75, 3.05) is 12.3 Å². The van der Waals surface area contributed by atoms with Gasteiger partial charge in [0.15, 0.2) is 0 Å². The van der Waals surface area contributed by atoms with E-state index in [1.165, 1.54) is 23.0 Å². The lowest BCUT2D eigenvalue weighted by molar-refractivity contribution is 0.238. The first-order chi connectivity index (χ1) is 12.8. The Hall–Kier alpha value is -2.92. The summed E-state index contributed by atoms with van der Waals surface area (Å²) in [5.74, 6) is 1.55. The van der Waals surface area contributed by atoms with Crippen LogP contribution in [0.25, 0.3) is 0 Å². The second kappa shape index (κ2) is 7.54. The molecule has 0 radical (unpaired) electrons. The standard InChI is InChI=1S/C21H22N4O/c22-21-18(11-23-15-24-21)13-25-10-9-19-17(12-25)7-4-8-20(19)26-14-16-5-2-1-3-6-16/h1-8,11,15H,9-10,12-14H2,(H2,22,23,24). The molecule has 2 N–H and O–H groups in total. The van der Waals surface area contributed by atoms with Gasteiger partial charge in [0.2, 0.25) is 0 Å². The van der Waals surface area contributed by atoms with Crippen LogP contribution in [0.2, 0.25) is 0 Å². The number of rotatable bonds is 5. The number of fused-ring (bicyclic) bond motifs is 1. The molecule has 5 heteroatoms. The Bertz CT molecular complexity index is 882. The SMILES string of the molecule is Nc1ncncc1CN1CCc2c(cccc2OCc2ccccc2)C1. The molecule has 1 aromatic heterocycles. The van der Waals surface area contributed by atoms with Crippen LogP contribution in [0.5, 0.6) is 5.75 Å². The van der Waals surface area contributed by atoms with Crippen LogP contribution in [-0.2, 0) is 26.1 Å². The first-order valence-electron chi connectivity index (χ1n) is 8.84. The van der Waals surface area contributed by atoms with E-state index in [2.05, 4.69) is 45.2 Å². The fraction of sp³-hybridized carbons (Fsp3) is 0.238. The molecular weight excluding hydrogens is 324 g/mol. The van der Waals surface area contributed by atoms with Gasteiger partial charge in [0.05, 0.1) is 0 Å². The van der Waals surface area contributed by atoms with Crippen molar-refractivity contribution in [2.24, 2.45) is 0 Å². The van der Waals surface area contributed by atoms with Gasteiger partial charge < -0.3 is 10.5 Å². The summed E-state index contributed by atoms with van der Waals surface area (Å²) < 4.78 is 6.10. The number of nitrogens with two attached hydrogens (primary N) is 1. The van der Waals surface area contributed by atoms with Crippen molar-refractivity contribution in [3.05, 3.63) is 83.3 Å². The van der Waals surface area contributed by atoms with E-state index in [4.69, 9.17) is 10.5 Å². The Balaban J connectivity index is 1.46. The van der Waals surface area contributed by atoms with Crippen molar-refractivity contribution in [1.29, 1.82) is 0 Å². The highest BCUT2D eigenvalue weighted by molar-refractivity contribution is 5.42. The normalized spacial score (nSPS) is 14.0. The van der Waals surface area contributed by atoms with E-state index in [0.717, 1.165) is 37.4 Å². The van der Waals surface area contributed by atoms with Crippen molar-refractivity contribution in [2.45, 2.75) is 26.1 Å². The average molecular weight is 346 g/mol. The van der Waals surface area contributed by atoms with Crippen molar-refractivity contribution in [3.8, 4) is 5.75 Å². The third kappa shape index (κ3) is 3.68. The molecular formula is C21H22N4O. The number of nitrogen functional groups attached to an aromatic ring is 1. The van der Waals surface area contributed by atoms with Gasteiger partial charge in [-0.05, 0) is 29.2 Å². The van der Waals surface area contributed by atoms with Gasteiger partial charge in [-0.2, -0.15) is 0 Å². The Morgan fingerprint density at radius 1 is 1.08 bits per heavy atom. The molecule has 0 bridgehead atoms. The maximum Gasteiger partial charge on any atom is 0.131 e. The van der Waals surface area contributed by atoms with Crippen LogP contribution in [0.4, 0.5) is 5.82 Å². The molecule has 0 saturated heterocycles. The molecule has 0 atom stereocenters. The minimum Gasteiger partial charge on any atom is -0.489 e. The van der Waals surface area contributed by atoms with E-state index < -0.39 is 0 Å². The van der Waals surface area contributed by atoms with Gasteiger partial charge in [0, 0.05) is 31.4 Å². The fourth-order valence-electron chi connectivity index (χ4n) is 3.37. The third-order valence-corrected chi connectivity index (χ3v) is 4.76. The molecule has 0 aliphatic carbocycles. The summed E-state index contributed by atoms with van der Waals surface area (Å²) in [4.78, 5) is 10.5. The minimum absolute atomic E-state index is 0.561. The largest absolute Gasteiger partial charge is 0.489 e. The van der Waals surface area contributed by atoms with Crippen LogP contribution in [0.1, 0.15) is 22.3 Å². The number of aromatic nitrogens is 2. The molecule has 0 spiro atoms. The van der Waals surface area contributed by atoms with E-state index in [1.807, 2.05) is 18.2 Å². The molecule has 0 fully saturated rings. The lowest BCUT2D eigenvalue weighted by Gasteiger charge is -2.30. The molecule has 132 valence electrons. The Morgan fingerprint density at radius 2 is 1.96 bits per heavy atom. The summed E-state index contributed by atoms with van der Waals surface area (Å²) >= 11 is 0. The quantitative estimate of drug-likeness (QED) is 0.769. The molecule has 3 aromatic rings. The van der Waals surface area contributed by atoms with E-state index >= 15 is 0 Å². The number of hydrogen-bond donors (Lipinski definition) is 1. The lowest BCUT2D eigenvalue weighted by Crippen LogP contribution is -2.30. The molecule has 26 heavy (non-hydrogen) atoms. The van der Waals surface area contributed by atoms with E-state index in [9.17, 15) is 0 Å². The second-order valence-electron chi connectivity index (χ2n) is 6.56. The average Bonchev–Trinajstić information content (AvgIpc) is 2.69. The fourth-order valence-corrected chi connectivity index (χ4v) is 3.37. The summed E-state index contributed by atoms with van der Waals surface area (Å²) in [5.41, 5.74) is 10.7. The van der Waals surface area contributed by atoms with E-state index in [-0.39, 0.29) is 0 Å². The molecule has 4 rings (SSSR count). The monoisotopic (exact) mass is 346 g/mol. The molecule has 0 unspecified atom stereocenters. The van der Waals surface area contributed by atoms with Crippen LogP contribution in [0.3, 0.4) is 0 Å². The smallest absolute Gasteiger partial charge is 0.131 e. The predicted molar refractivity (Wildman–Crippen MR) is 101 cm³/mol. The van der Waals surface area contributed by atoms with Gasteiger partial charge in [-0.3, -0.25) is 4.90 Å². The Morgan fingerprint density at radius 3 is 2.81 bits per heavy atom. The van der Waals surface area contributed by atoms with Crippen LogP contribution < -0.4 is 10.5 Å². The van der Waals surface area contributed by atoms with Gasteiger partial charge in [-0.1, -0.05) is 42.5 Å². The maximum atomic E-state index is 6.10. The molecule has 5 nitrogen and oxygen atoms in total. The number of ether oxygens (including phenoxy) is 1. The maximum absolute atomic E-state index is 6.10. The molecule has 0 saturated carbocycles. The Kier molecular flexibility index (Phi) is 4.80. The van der Waals surface area contributed by atoms with E-state index in [0.29, 0.717) is 12.4 Å². The predicted octanol–water partition coefficient (Wildman–Crippen LogP) is 3.20. The molecule has 0 amide bonds. The highest BCUT2D eigenvalue weighted by Gasteiger charge is 2.20. The van der Waals surface area contributed by atoms with Crippen molar-refractivity contribution < 1.29 is 4.74 Å². The highest BCUT2D eigenvalue weighted by Crippen LogP contribution is 2.29. The van der Waals surface area contributed by atoms with Crippen molar-refractivity contribution >= 4 is 5.82 Å².